The molecule has 0 aromatic heterocycles. The van der Waals surface area contributed by atoms with Crippen LogP contribution in [-0.4, -0.2) is 34.4 Å². The molecule has 5 nitrogen and oxygen atoms in total. The Balaban J connectivity index is 1.80. The molecule has 0 saturated carbocycles. The van der Waals surface area contributed by atoms with Crippen LogP contribution in [0.25, 0.3) is 0 Å². The van der Waals surface area contributed by atoms with Gasteiger partial charge in [-0.15, -0.1) is 6.58 Å². The third-order valence-corrected chi connectivity index (χ3v) is 5.37. The Bertz CT molecular complexity index is 928. The zero-order chi connectivity index (χ0) is 21.0. The highest BCUT2D eigenvalue weighted by atomic mass is 35.5. The lowest BCUT2D eigenvalue weighted by molar-refractivity contribution is -0.122. The highest BCUT2D eigenvalue weighted by molar-refractivity contribution is 7.80. The van der Waals surface area contributed by atoms with E-state index in [1.54, 1.807) is 47.4 Å². The molecule has 3 rings (SSSR count). The van der Waals surface area contributed by atoms with Crippen molar-refractivity contribution in [2.24, 2.45) is 0 Å². The van der Waals surface area contributed by atoms with Gasteiger partial charge >= 0.3 is 0 Å². The molecule has 0 bridgehead atoms. The molecule has 1 saturated heterocycles. The van der Waals surface area contributed by atoms with Crippen LogP contribution in [0.4, 0.5) is 11.4 Å². The minimum atomic E-state index is -0.682. The van der Waals surface area contributed by atoms with Gasteiger partial charge in [-0.3, -0.25) is 9.59 Å². The van der Waals surface area contributed by atoms with E-state index >= 15 is 0 Å². The lowest BCUT2D eigenvalue weighted by atomic mass is 10.1. The Hall–Kier alpha value is -2.70. The van der Waals surface area contributed by atoms with Crippen LogP contribution in [0, 0.1) is 0 Å². The average Bonchev–Trinajstić information content (AvgIpc) is 3.01. The van der Waals surface area contributed by atoms with Crippen LogP contribution < -0.4 is 10.2 Å². The third kappa shape index (κ3) is 4.66. The molecule has 0 radical (unpaired) electrons. The van der Waals surface area contributed by atoms with E-state index in [1.165, 1.54) is 4.90 Å². The summed E-state index contributed by atoms with van der Waals surface area (Å²) in [6.07, 6.45) is 2.61. The summed E-state index contributed by atoms with van der Waals surface area (Å²) in [4.78, 5) is 28.7. The molecule has 0 aliphatic carbocycles. The Morgan fingerprint density at radius 1 is 1.24 bits per heavy atom. The monoisotopic (exact) mass is 427 g/mol. The molecule has 1 heterocycles. The number of aryl methyl sites for hydroxylation is 1. The maximum atomic E-state index is 13.1. The SMILES string of the molecule is C=CCN(C(=S)Nc1ccc(Cl)cc1)C1CC(=O)N(c2ccc(CC)cc2)C1=O. The molecule has 0 spiro atoms. The Morgan fingerprint density at radius 3 is 2.48 bits per heavy atom. The lowest BCUT2D eigenvalue weighted by Gasteiger charge is -2.29. The van der Waals surface area contributed by atoms with Gasteiger partial charge < -0.3 is 10.2 Å². The molecule has 1 N–H and O–H groups in total. The number of nitrogens with zero attached hydrogens (tertiary/aromatic N) is 2. The molecule has 1 aliphatic rings. The number of carbonyl (C=O) groups is 2. The first-order valence-corrected chi connectivity index (χ1v) is 10.1. The lowest BCUT2D eigenvalue weighted by Crippen LogP contribution is -2.47. The quantitative estimate of drug-likeness (QED) is 0.420. The van der Waals surface area contributed by atoms with Crippen molar-refractivity contribution in [1.82, 2.24) is 4.90 Å². The van der Waals surface area contributed by atoms with Gasteiger partial charge in [-0.2, -0.15) is 0 Å². The van der Waals surface area contributed by atoms with Crippen LogP contribution in [0.3, 0.4) is 0 Å². The number of carbonyl (C=O) groups excluding carboxylic acids is 2. The van der Waals surface area contributed by atoms with Crippen LogP contribution in [0.2, 0.25) is 5.02 Å². The van der Waals surface area contributed by atoms with E-state index in [4.69, 9.17) is 23.8 Å². The fraction of sp³-hybridized carbons (Fsp3) is 0.227. The summed E-state index contributed by atoms with van der Waals surface area (Å²) >= 11 is 11.4. The minimum Gasteiger partial charge on any atom is -0.333 e. The second kappa shape index (κ2) is 9.20. The standard InChI is InChI=1S/C22H22ClN3O2S/c1-3-13-25(22(29)24-17-9-7-16(23)8-10-17)19-14-20(27)26(21(19)28)18-11-5-15(4-2)6-12-18/h3,5-12,19H,1,4,13-14H2,2H3,(H,24,29). The molecule has 150 valence electrons. The van der Waals surface area contributed by atoms with E-state index in [0.717, 1.165) is 17.7 Å². The van der Waals surface area contributed by atoms with Crippen LogP contribution in [-0.2, 0) is 16.0 Å². The summed E-state index contributed by atoms with van der Waals surface area (Å²) in [6, 6.07) is 13.9. The first kappa shape index (κ1) is 21.0. The number of halogens is 1. The van der Waals surface area contributed by atoms with Gasteiger partial charge in [-0.1, -0.05) is 36.7 Å². The first-order chi connectivity index (χ1) is 13.9. The minimum absolute atomic E-state index is 0.0602. The fourth-order valence-electron chi connectivity index (χ4n) is 3.23. The molecule has 29 heavy (non-hydrogen) atoms. The number of amides is 2. The predicted octanol–water partition coefficient (Wildman–Crippen LogP) is 4.42. The van der Waals surface area contributed by atoms with Crippen molar-refractivity contribution in [3.63, 3.8) is 0 Å². The zero-order valence-electron chi connectivity index (χ0n) is 16.1. The fourth-order valence-corrected chi connectivity index (χ4v) is 3.68. The van der Waals surface area contributed by atoms with Crippen molar-refractivity contribution < 1.29 is 9.59 Å². The van der Waals surface area contributed by atoms with E-state index < -0.39 is 6.04 Å². The molecule has 1 fully saturated rings. The van der Waals surface area contributed by atoms with Crippen LogP contribution >= 0.6 is 23.8 Å². The number of hydrogen-bond acceptors (Lipinski definition) is 3. The first-order valence-electron chi connectivity index (χ1n) is 9.34. The molecular formula is C22H22ClN3O2S. The summed E-state index contributed by atoms with van der Waals surface area (Å²) in [7, 11) is 0. The molecule has 2 aromatic rings. The number of rotatable bonds is 6. The molecular weight excluding hydrogens is 406 g/mol. The Labute approximate surface area is 180 Å². The molecule has 2 aromatic carbocycles. The number of imide groups is 1. The van der Waals surface area contributed by atoms with Crippen molar-refractivity contribution >= 4 is 52.1 Å². The van der Waals surface area contributed by atoms with E-state index in [2.05, 4.69) is 18.8 Å². The predicted molar refractivity (Wildman–Crippen MR) is 121 cm³/mol. The summed E-state index contributed by atoms with van der Waals surface area (Å²) in [5.74, 6) is -0.533. The number of anilines is 2. The summed E-state index contributed by atoms with van der Waals surface area (Å²) in [5, 5.41) is 4.07. The number of nitrogens with one attached hydrogen (secondary N) is 1. The largest absolute Gasteiger partial charge is 0.333 e. The van der Waals surface area contributed by atoms with Gasteiger partial charge in [0.2, 0.25) is 5.91 Å². The van der Waals surface area contributed by atoms with Gasteiger partial charge in [0, 0.05) is 17.3 Å². The number of hydrogen-bond donors (Lipinski definition) is 1. The molecule has 1 aliphatic heterocycles. The van der Waals surface area contributed by atoms with Gasteiger partial charge in [0.25, 0.3) is 5.91 Å². The Morgan fingerprint density at radius 2 is 1.90 bits per heavy atom. The maximum Gasteiger partial charge on any atom is 0.257 e. The highest BCUT2D eigenvalue weighted by Crippen LogP contribution is 2.27. The van der Waals surface area contributed by atoms with Crippen molar-refractivity contribution in [1.29, 1.82) is 0 Å². The molecule has 1 unspecified atom stereocenters. The zero-order valence-corrected chi connectivity index (χ0v) is 17.7. The summed E-state index contributed by atoms with van der Waals surface area (Å²) in [5.41, 5.74) is 2.47. The van der Waals surface area contributed by atoms with Gasteiger partial charge in [0.15, 0.2) is 5.11 Å². The molecule has 7 heteroatoms. The highest BCUT2D eigenvalue weighted by Gasteiger charge is 2.43. The number of thiocarbonyl (C=S) groups is 1. The van der Waals surface area contributed by atoms with E-state index in [0.29, 0.717) is 22.4 Å². The summed E-state index contributed by atoms with van der Waals surface area (Å²) in [6.45, 7) is 6.15. The van der Waals surface area contributed by atoms with Gasteiger partial charge in [0.05, 0.1) is 12.1 Å². The smallest absolute Gasteiger partial charge is 0.257 e. The average molecular weight is 428 g/mol. The van der Waals surface area contributed by atoms with Crippen molar-refractivity contribution in [2.75, 3.05) is 16.8 Å². The van der Waals surface area contributed by atoms with Gasteiger partial charge in [-0.25, -0.2) is 4.90 Å². The van der Waals surface area contributed by atoms with Crippen LogP contribution in [0.1, 0.15) is 18.9 Å². The van der Waals surface area contributed by atoms with E-state index in [1.807, 2.05) is 12.1 Å². The normalized spacial score (nSPS) is 16.1. The van der Waals surface area contributed by atoms with Crippen molar-refractivity contribution in [3.05, 3.63) is 71.8 Å². The van der Waals surface area contributed by atoms with E-state index in [-0.39, 0.29) is 18.2 Å². The second-order valence-electron chi connectivity index (χ2n) is 6.69. The summed E-state index contributed by atoms with van der Waals surface area (Å²) < 4.78 is 0. The van der Waals surface area contributed by atoms with Crippen LogP contribution in [0.15, 0.2) is 61.2 Å². The maximum absolute atomic E-state index is 13.1. The van der Waals surface area contributed by atoms with Gasteiger partial charge in [0.1, 0.15) is 6.04 Å². The molecule has 2 amide bonds. The Kier molecular flexibility index (Phi) is 6.67. The topological polar surface area (TPSA) is 52.7 Å². The number of benzene rings is 2. The third-order valence-electron chi connectivity index (χ3n) is 4.78. The van der Waals surface area contributed by atoms with Crippen molar-refractivity contribution in [2.45, 2.75) is 25.8 Å². The van der Waals surface area contributed by atoms with Gasteiger partial charge in [-0.05, 0) is 60.6 Å². The van der Waals surface area contributed by atoms with Crippen LogP contribution in [0.5, 0.6) is 0 Å². The second-order valence-corrected chi connectivity index (χ2v) is 7.51. The van der Waals surface area contributed by atoms with E-state index in [9.17, 15) is 9.59 Å². The molecule has 1 atom stereocenters. The van der Waals surface area contributed by atoms with Crippen molar-refractivity contribution in [3.8, 4) is 0 Å².